The molecule has 4 heterocycles. The first-order valence-electron chi connectivity index (χ1n) is 6.61. The Labute approximate surface area is 138 Å². The number of nitrogens with zero attached hydrogens (tertiary/aromatic N) is 2. The molecule has 0 aromatic carbocycles. The van der Waals surface area contributed by atoms with E-state index in [1.165, 1.54) is 4.21 Å². The maximum atomic E-state index is 12.6. The highest BCUT2D eigenvalue weighted by molar-refractivity contribution is 9.11. The normalized spacial score (nSPS) is 17.5. The van der Waals surface area contributed by atoms with E-state index in [9.17, 15) is 4.79 Å². The van der Waals surface area contributed by atoms with Crippen molar-refractivity contribution in [3.8, 4) is 11.3 Å². The Kier molecular flexibility index (Phi) is 3.56. The summed E-state index contributed by atoms with van der Waals surface area (Å²) in [5.41, 5.74) is 3.69. The van der Waals surface area contributed by atoms with Gasteiger partial charge < -0.3 is 9.64 Å². The van der Waals surface area contributed by atoms with Crippen LogP contribution in [0.4, 0.5) is 0 Å². The molecular formula is C13H12BrN3O2S2. The molecule has 2 aliphatic heterocycles. The number of carbonyl (C=O) groups excluding carboxylic acids is 1. The van der Waals surface area contributed by atoms with E-state index in [2.05, 4.69) is 32.2 Å². The van der Waals surface area contributed by atoms with E-state index in [1.807, 2.05) is 4.90 Å². The van der Waals surface area contributed by atoms with Gasteiger partial charge in [-0.2, -0.15) is 5.10 Å². The Morgan fingerprint density at radius 3 is 3.05 bits per heavy atom. The number of halogens is 1. The smallest absolute Gasteiger partial charge is 0.272 e. The fourth-order valence-electron chi connectivity index (χ4n) is 2.59. The standard InChI is InChI=1S/C13H12BrN3O2S2/c14-9-5-7-10-8(6-20-13(7)21-9)11(16-15-10)12(18)17-1-3-19-4-2-17/h5H,1-4,6H2,(H,15,16). The zero-order valence-electron chi connectivity index (χ0n) is 11.0. The van der Waals surface area contributed by atoms with Crippen molar-refractivity contribution in [2.75, 3.05) is 26.3 Å². The summed E-state index contributed by atoms with van der Waals surface area (Å²) >= 11 is 7.00. The van der Waals surface area contributed by atoms with Gasteiger partial charge in [-0.15, -0.1) is 23.1 Å². The van der Waals surface area contributed by atoms with Crippen LogP contribution in [0.15, 0.2) is 14.1 Å². The van der Waals surface area contributed by atoms with E-state index < -0.39 is 0 Å². The first kappa shape index (κ1) is 13.8. The Balaban J connectivity index is 1.70. The summed E-state index contributed by atoms with van der Waals surface area (Å²) in [5.74, 6) is 0.822. The highest BCUT2D eigenvalue weighted by Crippen LogP contribution is 2.47. The van der Waals surface area contributed by atoms with Crippen LogP contribution in [-0.2, 0) is 10.5 Å². The second-order valence-electron chi connectivity index (χ2n) is 4.87. The van der Waals surface area contributed by atoms with Crippen molar-refractivity contribution in [2.24, 2.45) is 0 Å². The number of carbonyl (C=O) groups is 1. The SMILES string of the molecule is O=C(c1[nH]nc2c1CSc1sc(Br)cc1-2)N1CCOCC1. The third-order valence-electron chi connectivity index (χ3n) is 3.65. The van der Waals surface area contributed by atoms with Gasteiger partial charge in [-0.3, -0.25) is 9.89 Å². The van der Waals surface area contributed by atoms with E-state index in [4.69, 9.17) is 4.74 Å². The van der Waals surface area contributed by atoms with Crippen molar-refractivity contribution in [2.45, 2.75) is 9.96 Å². The number of H-pyrrole nitrogens is 1. The van der Waals surface area contributed by atoms with Crippen LogP contribution in [0, 0.1) is 0 Å². The minimum Gasteiger partial charge on any atom is -0.378 e. The van der Waals surface area contributed by atoms with E-state index >= 15 is 0 Å². The lowest BCUT2D eigenvalue weighted by molar-refractivity contribution is 0.0298. The summed E-state index contributed by atoms with van der Waals surface area (Å²) in [6.07, 6.45) is 0. The predicted molar refractivity (Wildman–Crippen MR) is 85.9 cm³/mol. The zero-order valence-corrected chi connectivity index (χ0v) is 14.2. The van der Waals surface area contributed by atoms with Gasteiger partial charge in [0.15, 0.2) is 0 Å². The topological polar surface area (TPSA) is 58.2 Å². The van der Waals surface area contributed by atoms with Gasteiger partial charge in [0, 0.05) is 30.0 Å². The largest absolute Gasteiger partial charge is 0.378 e. The molecule has 21 heavy (non-hydrogen) atoms. The number of thiophene rings is 1. The highest BCUT2D eigenvalue weighted by Gasteiger charge is 2.29. The molecule has 2 aliphatic rings. The quantitative estimate of drug-likeness (QED) is 0.819. The molecule has 0 bridgehead atoms. The van der Waals surface area contributed by atoms with Crippen LogP contribution in [0.1, 0.15) is 16.1 Å². The first-order valence-corrected chi connectivity index (χ1v) is 9.20. The number of aromatic amines is 1. The molecule has 2 aromatic heterocycles. The van der Waals surface area contributed by atoms with Gasteiger partial charge in [-0.05, 0) is 22.0 Å². The van der Waals surface area contributed by atoms with E-state index in [1.54, 1.807) is 23.1 Å². The van der Waals surface area contributed by atoms with Crippen molar-refractivity contribution in [3.05, 3.63) is 21.1 Å². The van der Waals surface area contributed by atoms with Crippen molar-refractivity contribution in [1.82, 2.24) is 15.1 Å². The molecule has 0 saturated carbocycles. The summed E-state index contributed by atoms with van der Waals surface area (Å²) < 4.78 is 7.65. The monoisotopic (exact) mass is 385 g/mol. The Morgan fingerprint density at radius 1 is 1.43 bits per heavy atom. The number of amides is 1. The second kappa shape index (κ2) is 5.42. The zero-order chi connectivity index (χ0) is 14.4. The van der Waals surface area contributed by atoms with Gasteiger partial charge in [-0.1, -0.05) is 0 Å². The molecule has 0 unspecified atom stereocenters. The Hall–Kier alpha value is -0.830. The fourth-order valence-corrected chi connectivity index (χ4v) is 5.79. The molecule has 1 saturated heterocycles. The minimum absolute atomic E-state index is 0.0328. The number of rotatable bonds is 1. The predicted octanol–water partition coefficient (Wildman–Crippen LogP) is 2.98. The van der Waals surface area contributed by atoms with Crippen LogP contribution in [0.2, 0.25) is 0 Å². The molecule has 1 amide bonds. The van der Waals surface area contributed by atoms with Crippen molar-refractivity contribution < 1.29 is 9.53 Å². The maximum absolute atomic E-state index is 12.6. The molecule has 4 rings (SSSR count). The Bertz CT molecular complexity index is 706. The molecule has 2 aromatic rings. The number of fused-ring (bicyclic) bond motifs is 3. The number of hydrogen-bond donors (Lipinski definition) is 1. The lowest BCUT2D eigenvalue weighted by Crippen LogP contribution is -2.41. The van der Waals surface area contributed by atoms with Crippen molar-refractivity contribution in [1.29, 1.82) is 0 Å². The van der Waals surface area contributed by atoms with Crippen LogP contribution in [0.3, 0.4) is 0 Å². The molecule has 0 aliphatic carbocycles. The summed E-state index contributed by atoms with van der Waals surface area (Å²) in [6, 6.07) is 2.08. The number of morpholine rings is 1. The highest BCUT2D eigenvalue weighted by atomic mass is 79.9. The number of thioether (sulfide) groups is 1. The molecule has 110 valence electrons. The lowest BCUT2D eigenvalue weighted by Gasteiger charge is -2.26. The van der Waals surface area contributed by atoms with Gasteiger partial charge in [0.25, 0.3) is 5.91 Å². The number of hydrogen-bond acceptors (Lipinski definition) is 5. The summed E-state index contributed by atoms with van der Waals surface area (Å²) in [7, 11) is 0. The summed E-state index contributed by atoms with van der Waals surface area (Å²) in [4.78, 5) is 14.5. The molecule has 0 atom stereocenters. The van der Waals surface area contributed by atoms with Crippen LogP contribution in [-0.4, -0.2) is 47.3 Å². The fraction of sp³-hybridized carbons (Fsp3) is 0.385. The molecule has 8 heteroatoms. The van der Waals surface area contributed by atoms with Gasteiger partial charge >= 0.3 is 0 Å². The molecule has 0 spiro atoms. The van der Waals surface area contributed by atoms with E-state index in [0.717, 1.165) is 26.4 Å². The molecule has 1 N–H and O–H groups in total. The average molecular weight is 386 g/mol. The third kappa shape index (κ3) is 2.34. The summed E-state index contributed by atoms with van der Waals surface area (Å²) in [5, 5.41) is 7.35. The van der Waals surface area contributed by atoms with E-state index in [0.29, 0.717) is 32.0 Å². The molecule has 0 radical (unpaired) electrons. The van der Waals surface area contributed by atoms with Gasteiger partial charge in [0.05, 0.1) is 26.9 Å². The lowest BCUT2D eigenvalue weighted by atomic mass is 10.1. The van der Waals surface area contributed by atoms with Crippen LogP contribution >= 0.6 is 39.0 Å². The number of nitrogens with one attached hydrogen (secondary N) is 1. The van der Waals surface area contributed by atoms with Gasteiger partial charge in [0.1, 0.15) is 5.69 Å². The van der Waals surface area contributed by atoms with Crippen LogP contribution in [0.5, 0.6) is 0 Å². The van der Waals surface area contributed by atoms with Crippen molar-refractivity contribution >= 4 is 44.9 Å². The maximum Gasteiger partial charge on any atom is 0.272 e. The van der Waals surface area contributed by atoms with Gasteiger partial charge in [0.2, 0.25) is 0 Å². The van der Waals surface area contributed by atoms with Crippen molar-refractivity contribution in [3.63, 3.8) is 0 Å². The molecular weight excluding hydrogens is 374 g/mol. The second-order valence-corrected chi connectivity index (χ2v) is 8.55. The Morgan fingerprint density at radius 2 is 2.24 bits per heavy atom. The first-order chi connectivity index (χ1) is 10.2. The minimum atomic E-state index is 0.0328. The van der Waals surface area contributed by atoms with E-state index in [-0.39, 0.29) is 5.91 Å². The number of ether oxygens (including phenoxy) is 1. The van der Waals surface area contributed by atoms with Gasteiger partial charge in [-0.25, -0.2) is 0 Å². The van der Waals surface area contributed by atoms with Crippen LogP contribution in [0.25, 0.3) is 11.3 Å². The summed E-state index contributed by atoms with van der Waals surface area (Å²) in [6.45, 7) is 2.51. The average Bonchev–Trinajstić information content (AvgIpc) is 3.09. The molecule has 1 fully saturated rings. The number of aromatic nitrogens is 2. The molecule has 5 nitrogen and oxygen atoms in total. The van der Waals surface area contributed by atoms with Crippen LogP contribution < -0.4 is 0 Å². The third-order valence-corrected chi connectivity index (χ3v) is 6.60.